The van der Waals surface area contributed by atoms with Gasteiger partial charge in [-0.1, -0.05) is 37.8 Å². The topological polar surface area (TPSA) is 66.8 Å². The number of carbonyl (C=O) groups excluding carboxylic acids is 1. The van der Waals surface area contributed by atoms with Crippen LogP contribution in [0.2, 0.25) is 0 Å². The van der Waals surface area contributed by atoms with Gasteiger partial charge in [0, 0.05) is 38.6 Å². The zero-order valence-electron chi connectivity index (χ0n) is 15.5. The number of carbonyl (C=O) groups is 1. The normalized spacial score (nSPS) is 23.9. The van der Waals surface area contributed by atoms with E-state index in [2.05, 4.69) is 6.08 Å². The molecule has 0 aromatic rings. The number of aliphatic hydroxyl groups excluding tert-OH is 1. The third-order valence-corrected chi connectivity index (χ3v) is 4.99. The van der Waals surface area contributed by atoms with Gasteiger partial charge in [0.2, 0.25) is 0 Å². The lowest BCUT2D eigenvalue weighted by molar-refractivity contribution is -0.121. The van der Waals surface area contributed by atoms with Crippen molar-refractivity contribution in [3.63, 3.8) is 0 Å². The number of hydrogen-bond acceptors (Lipinski definition) is 4. The summed E-state index contributed by atoms with van der Waals surface area (Å²) in [6.07, 6.45) is 12.3. The number of allylic oxidation sites excluding steroid dienone is 1. The second kappa shape index (κ2) is 11.8. The van der Waals surface area contributed by atoms with Gasteiger partial charge in [0.1, 0.15) is 5.78 Å². The molecule has 0 aromatic heterocycles. The first kappa shape index (κ1) is 21.3. The summed E-state index contributed by atoms with van der Waals surface area (Å²) in [5.41, 5.74) is -0.865. The molecule has 140 valence electrons. The van der Waals surface area contributed by atoms with Gasteiger partial charge in [0.05, 0.1) is 5.60 Å². The Morgan fingerprint density at radius 1 is 1.25 bits per heavy atom. The molecule has 1 aliphatic carbocycles. The third kappa shape index (κ3) is 8.41. The van der Waals surface area contributed by atoms with Gasteiger partial charge in [0.15, 0.2) is 0 Å². The molecule has 24 heavy (non-hydrogen) atoms. The quantitative estimate of drug-likeness (QED) is 0.397. The monoisotopic (exact) mass is 340 g/mol. The second-order valence-electron chi connectivity index (χ2n) is 7.22. The van der Waals surface area contributed by atoms with Crippen molar-refractivity contribution < 1.29 is 19.7 Å². The maximum Gasteiger partial charge on any atom is 0.136 e. The van der Waals surface area contributed by atoms with Crippen molar-refractivity contribution in [3.05, 3.63) is 12.2 Å². The minimum Gasteiger partial charge on any atom is -0.396 e. The van der Waals surface area contributed by atoms with E-state index in [-0.39, 0.29) is 18.4 Å². The van der Waals surface area contributed by atoms with Crippen molar-refractivity contribution in [2.75, 3.05) is 19.8 Å². The lowest BCUT2D eigenvalue weighted by Crippen LogP contribution is -2.24. The molecule has 0 saturated heterocycles. The fraction of sp³-hybridized carbons (Fsp3) is 0.850. The lowest BCUT2D eigenvalue weighted by Gasteiger charge is -2.21. The summed E-state index contributed by atoms with van der Waals surface area (Å²) in [7, 11) is 0. The number of Topliss-reactive ketones (excluding diaryl/α,β-unsaturated/α-hetero) is 1. The molecule has 0 bridgehead atoms. The summed E-state index contributed by atoms with van der Waals surface area (Å²) in [5, 5.41) is 19.2. The molecule has 4 nitrogen and oxygen atoms in total. The van der Waals surface area contributed by atoms with Gasteiger partial charge in [0.25, 0.3) is 0 Å². The van der Waals surface area contributed by atoms with Crippen molar-refractivity contribution in [3.8, 4) is 0 Å². The van der Waals surface area contributed by atoms with Crippen LogP contribution in [0.25, 0.3) is 0 Å². The summed E-state index contributed by atoms with van der Waals surface area (Å²) in [6.45, 7) is 5.24. The molecule has 2 N–H and O–H groups in total. The van der Waals surface area contributed by atoms with E-state index in [0.717, 1.165) is 44.9 Å². The summed E-state index contributed by atoms with van der Waals surface area (Å²) in [4.78, 5) is 12.1. The Bertz CT molecular complexity index is 376. The number of rotatable bonds is 13. The van der Waals surface area contributed by atoms with Gasteiger partial charge in [-0.3, -0.25) is 4.79 Å². The number of unbranched alkanes of at least 4 members (excludes halogenated alkanes) is 4. The molecule has 1 saturated carbocycles. The zero-order valence-corrected chi connectivity index (χ0v) is 15.5. The minimum absolute atomic E-state index is 0.127. The van der Waals surface area contributed by atoms with Crippen molar-refractivity contribution in [1.29, 1.82) is 0 Å². The first-order valence-corrected chi connectivity index (χ1v) is 9.63. The molecule has 0 aliphatic heterocycles. The highest BCUT2D eigenvalue weighted by atomic mass is 16.5. The van der Waals surface area contributed by atoms with E-state index >= 15 is 0 Å². The molecule has 0 radical (unpaired) electrons. The molecule has 0 aromatic carbocycles. The SMILES string of the molecule is CCOCCC(C)(O)/C=C/C1CCC(=O)C1CCCCCCCO. The largest absolute Gasteiger partial charge is 0.396 e. The molecule has 4 heteroatoms. The van der Waals surface area contributed by atoms with E-state index in [4.69, 9.17) is 9.84 Å². The van der Waals surface area contributed by atoms with Crippen LogP contribution < -0.4 is 0 Å². The Kier molecular flexibility index (Phi) is 10.5. The highest BCUT2D eigenvalue weighted by Gasteiger charge is 2.32. The van der Waals surface area contributed by atoms with E-state index < -0.39 is 5.60 Å². The first-order valence-electron chi connectivity index (χ1n) is 9.63. The molecule has 1 rings (SSSR count). The van der Waals surface area contributed by atoms with Crippen molar-refractivity contribution in [2.45, 2.75) is 77.2 Å². The third-order valence-electron chi connectivity index (χ3n) is 4.99. The van der Waals surface area contributed by atoms with Crippen LogP contribution in [0.15, 0.2) is 12.2 Å². The molecule has 1 aliphatic rings. The van der Waals surface area contributed by atoms with Crippen LogP contribution in [0.4, 0.5) is 0 Å². The van der Waals surface area contributed by atoms with Gasteiger partial charge < -0.3 is 14.9 Å². The van der Waals surface area contributed by atoms with Gasteiger partial charge in [-0.05, 0) is 39.0 Å². The van der Waals surface area contributed by atoms with Crippen LogP contribution in [0.3, 0.4) is 0 Å². The maximum atomic E-state index is 12.1. The van der Waals surface area contributed by atoms with Crippen molar-refractivity contribution in [2.24, 2.45) is 11.8 Å². The molecule has 0 heterocycles. The van der Waals surface area contributed by atoms with Gasteiger partial charge in [-0.15, -0.1) is 0 Å². The predicted octanol–water partition coefficient (Wildman–Crippen LogP) is 3.65. The fourth-order valence-electron chi connectivity index (χ4n) is 3.38. The van der Waals surface area contributed by atoms with E-state index in [1.807, 2.05) is 13.0 Å². The summed E-state index contributed by atoms with van der Waals surface area (Å²) in [6, 6.07) is 0. The predicted molar refractivity (Wildman–Crippen MR) is 96.9 cm³/mol. The van der Waals surface area contributed by atoms with Gasteiger partial charge in [-0.2, -0.15) is 0 Å². The van der Waals surface area contributed by atoms with Crippen LogP contribution in [0, 0.1) is 11.8 Å². The Labute approximate surface area is 147 Å². The molecule has 0 spiro atoms. The van der Waals surface area contributed by atoms with Crippen LogP contribution in [0.5, 0.6) is 0 Å². The van der Waals surface area contributed by atoms with Crippen LogP contribution >= 0.6 is 0 Å². The minimum atomic E-state index is -0.865. The summed E-state index contributed by atoms with van der Waals surface area (Å²) < 4.78 is 5.31. The van der Waals surface area contributed by atoms with Crippen LogP contribution in [-0.2, 0) is 9.53 Å². The number of hydrogen-bond donors (Lipinski definition) is 2. The molecular formula is C20H36O4. The summed E-state index contributed by atoms with van der Waals surface area (Å²) in [5.74, 6) is 0.782. The number of ether oxygens (including phenoxy) is 1. The molecule has 0 amide bonds. The maximum absolute atomic E-state index is 12.1. The molecule has 3 atom stereocenters. The number of ketones is 1. The van der Waals surface area contributed by atoms with Gasteiger partial charge >= 0.3 is 0 Å². The molecular weight excluding hydrogens is 304 g/mol. The smallest absolute Gasteiger partial charge is 0.136 e. The van der Waals surface area contributed by atoms with Crippen molar-refractivity contribution >= 4 is 5.78 Å². The number of aliphatic hydroxyl groups is 2. The standard InChI is InChI=1S/C20H36O4/c1-3-24-16-14-20(2,23)13-12-17-10-11-19(22)18(17)9-7-5-4-6-8-15-21/h12-13,17-18,21,23H,3-11,14-16H2,1-2H3/b13-12+. The van der Waals surface area contributed by atoms with E-state index in [1.165, 1.54) is 0 Å². The van der Waals surface area contributed by atoms with E-state index in [1.54, 1.807) is 6.92 Å². The Morgan fingerprint density at radius 3 is 2.67 bits per heavy atom. The molecule has 1 fully saturated rings. The Morgan fingerprint density at radius 2 is 1.96 bits per heavy atom. The van der Waals surface area contributed by atoms with Crippen LogP contribution in [0.1, 0.15) is 71.6 Å². The fourth-order valence-corrected chi connectivity index (χ4v) is 3.38. The zero-order chi connectivity index (χ0) is 17.8. The highest BCUT2D eigenvalue weighted by molar-refractivity contribution is 5.83. The van der Waals surface area contributed by atoms with Crippen molar-refractivity contribution in [1.82, 2.24) is 0 Å². The molecule has 3 unspecified atom stereocenters. The van der Waals surface area contributed by atoms with E-state index in [9.17, 15) is 9.90 Å². The Balaban J connectivity index is 2.39. The highest BCUT2D eigenvalue weighted by Crippen LogP contribution is 2.34. The van der Waals surface area contributed by atoms with Crippen LogP contribution in [-0.4, -0.2) is 41.4 Å². The average molecular weight is 341 g/mol. The average Bonchev–Trinajstić information content (AvgIpc) is 2.89. The van der Waals surface area contributed by atoms with Gasteiger partial charge in [-0.25, -0.2) is 0 Å². The second-order valence-corrected chi connectivity index (χ2v) is 7.22. The first-order chi connectivity index (χ1) is 11.5. The lowest BCUT2D eigenvalue weighted by atomic mass is 9.88. The summed E-state index contributed by atoms with van der Waals surface area (Å²) >= 11 is 0. The van der Waals surface area contributed by atoms with E-state index in [0.29, 0.717) is 31.8 Å². The Hall–Kier alpha value is -0.710.